The lowest BCUT2D eigenvalue weighted by Crippen LogP contribution is -1.95. The average molecular weight is 223 g/mol. The predicted octanol–water partition coefficient (Wildman–Crippen LogP) is 3.64. The summed E-state index contributed by atoms with van der Waals surface area (Å²) in [4.78, 5) is 0. The third-order valence-corrected chi connectivity index (χ3v) is 2.94. The highest BCUT2D eigenvalue weighted by Crippen LogP contribution is 2.26. The number of aromatic nitrogens is 1. The smallest absolute Gasteiger partial charge is 0.142 e. The Morgan fingerprint density at radius 2 is 1.65 bits per heavy atom. The minimum absolute atomic E-state index is 0.883. The van der Waals surface area contributed by atoms with Crippen LogP contribution in [0.15, 0.2) is 60.8 Å². The fraction of sp³-hybridized carbons (Fsp3) is 0.0667. The number of para-hydroxylation sites is 3. The third kappa shape index (κ3) is 1.58. The number of methoxy groups -OCH3 is 1. The first-order chi connectivity index (χ1) is 8.40. The third-order valence-electron chi connectivity index (χ3n) is 2.94. The van der Waals surface area contributed by atoms with Crippen LogP contribution in [-0.4, -0.2) is 11.7 Å². The van der Waals surface area contributed by atoms with Gasteiger partial charge in [0.05, 0.1) is 18.3 Å². The van der Waals surface area contributed by atoms with Gasteiger partial charge in [-0.05, 0) is 29.7 Å². The summed E-state index contributed by atoms with van der Waals surface area (Å²) in [6.07, 6.45) is 2.07. The van der Waals surface area contributed by atoms with E-state index in [0.717, 1.165) is 11.4 Å². The summed E-state index contributed by atoms with van der Waals surface area (Å²) in [6, 6.07) is 18.5. The molecule has 0 atom stereocenters. The van der Waals surface area contributed by atoms with Gasteiger partial charge in [-0.3, -0.25) is 0 Å². The molecular formula is C15H13NO. The highest BCUT2D eigenvalue weighted by molar-refractivity contribution is 5.82. The second-order valence-corrected chi connectivity index (χ2v) is 3.92. The molecule has 0 aliphatic heterocycles. The Kier molecular flexibility index (Phi) is 2.33. The molecule has 0 N–H and O–H groups in total. The molecule has 0 fully saturated rings. The van der Waals surface area contributed by atoms with E-state index in [-0.39, 0.29) is 0 Å². The maximum absolute atomic E-state index is 5.40. The Balaban J connectivity index is 2.27. The minimum atomic E-state index is 0.883. The van der Waals surface area contributed by atoms with Crippen LogP contribution in [0, 0.1) is 0 Å². The zero-order chi connectivity index (χ0) is 11.7. The minimum Gasteiger partial charge on any atom is -0.495 e. The van der Waals surface area contributed by atoms with Crippen LogP contribution in [0.3, 0.4) is 0 Å². The summed E-state index contributed by atoms with van der Waals surface area (Å²) >= 11 is 0. The highest BCUT2D eigenvalue weighted by atomic mass is 16.5. The van der Waals surface area contributed by atoms with Gasteiger partial charge < -0.3 is 9.30 Å². The fourth-order valence-electron chi connectivity index (χ4n) is 2.12. The van der Waals surface area contributed by atoms with E-state index in [1.165, 1.54) is 10.9 Å². The van der Waals surface area contributed by atoms with Crippen LogP contribution in [-0.2, 0) is 0 Å². The molecule has 2 nitrogen and oxygen atoms in total. The van der Waals surface area contributed by atoms with Crippen LogP contribution in [0.1, 0.15) is 0 Å². The van der Waals surface area contributed by atoms with Crippen molar-refractivity contribution in [3.05, 3.63) is 60.8 Å². The normalized spacial score (nSPS) is 10.6. The zero-order valence-corrected chi connectivity index (χ0v) is 9.63. The van der Waals surface area contributed by atoms with Crippen molar-refractivity contribution in [2.75, 3.05) is 7.11 Å². The Hall–Kier alpha value is -2.22. The van der Waals surface area contributed by atoms with Gasteiger partial charge >= 0.3 is 0 Å². The first-order valence-corrected chi connectivity index (χ1v) is 5.59. The highest BCUT2D eigenvalue weighted by Gasteiger charge is 2.06. The van der Waals surface area contributed by atoms with Crippen LogP contribution >= 0.6 is 0 Å². The van der Waals surface area contributed by atoms with Crippen molar-refractivity contribution in [2.45, 2.75) is 0 Å². The topological polar surface area (TPSA) is 14.2 Å². The molecule has 0 amide bonds. The number of rotatable bonds is 2. The largest absolute Gasteiger partial charge is 0.495 e. The number of hydrogen-bond acceptors (Lipinski definition) is 1. The molecule has 0 unspecified atom stereocenters. The van der Waals surface area contributed by atoms with Crippen LogP contribution in [0.5, 0.6) is 5.75 Å². The second-order valence-electron chi connectivity index (χ2n) is 3.92. The molecule has 0 aliphatic carbocycles. The molecule has 3 rings (SSSR count). The molecule has 84 valence electrons. The average Bonchev–Trinajstić information content (AvgIpc) is 2.82. The van der Waals surface area contributed by atoms with Gasteiger partial charge in [-0.1, -0.05) is 30.3 Å². The number of hydrogen-bond donors (Lipinski definition) is 0. The molecule has 1 aromatic heterocycles. The monoisotopic (exact) mass is 223 g/mol. The standard InChI is InChI=1S/C15H13NO/c1-17-15-9-5-4-8-14(15)16-11-10-12-6-2-3-7-13(12)16/h2-11H,1H3. The van der Waals surface area contributed by atoms with Gasteiger partial charge in [0.15, 0.2) is 0 Å². The Morgan fingerprint density at radius 1 is 0.882 bits per heavy atom. The summed E-state index contributed by atoms with van der Waals surface area (Å²) < 4.78 is 7.54. The maximum atomic E-state index is 5.40. The van der Waals surface area contributed by atoms with E-state index in [4.69, 9.17) is 4.74 Å². The molecule has 1 heterocycles. The fourth-order valence-corrected chi connectivity index (χ4v) is 2.12. The summed E-state index contributed by atoms with van der Waals surface area (Å²) in [7, 11) is 1.70. The van der Waals surface area contributed by atoms with Gasteiger partial charge in [0.2, 0.25) is 0 Å². The molecule has 0 aliphatic rings. The molecule has 2 heteroatoms. The van der Waals surface area contributed by atoms with Crippen molar-refractivity contribution >= 4 is 10.9 Å². The van der Waals surface area contributed by atoms with Crippen LogP contribution in [0.25, 0.3) is 16.6 Å². The Bertz CT molecular complexity index is 655. The van der Waals surface area contributed by atoms with Crippen molar-refractivity contribution in [1.29, 1.82) is 0 Å². The summed E-state index contributed by atoms with van der Waals surface area (Å²) in [5.74, 6) is 0.883. The summed E-state index contributed by atoms with van der Waals surface area (Å²) in [5, 5.41) is 1.23. The van der Waals surface area contributed by atoms with Crippen molar-refractivity contribution in [3.8, 4) is 11.4 Å². The molecule has 0 radical (unpaired) electrons. The lowest BCUT2D eigenvalue weighted by Gasteiger charge is -2.10. The summed E-state index contributed by atoms with van der Waals surface area (Å²) in [6.45, 7) is 0. The predicted molar refractivity (Wildman–Crippen MR) is 69.8 cm³/mol. The molecule has 17 heavy (non-hydrogen) atoms. The maximum Gasteiger partial charge on any atom is 0.142 e. The molecule has 3 aromatic rings. The van der Waals surface area contributed by atoms with E-state index in [0.29, 0.717) is 0 Å². The van der Waals surface area contributed by atoms with Gasteiger partial charge in [-0.25, -0.2) is 0 Å². The molecule has 0 spiro atoms. The van der Waals surface area contributed by atoms with Crippen LogP contribution in [0.2, 0.25) is 0 Å². The lowest BCUT2D eigenvalue weighted by atomic mass is 10.2. The van der Waals surface area contributed by atoms with E-state index in [9.17, 15) is 0 Å². The van der Waals surface area contributed by atoms with E-state index in [1.807, 2.05) is 24.3 Å². The molecule has 0 bridgehead atoms. The van der Waals surface area contributed by atoms with Gasteiger partial charge in [0, 0.05) is 6.20 Å². The first-order valence-electron chi connectivity index (χ1n) is 5.59. The summed E-state index contributed by atoms with van der Waals surface area (Å²) in [5.41, 5.74) is 2.26. The van der Waals surface area contributed by atoms with E-state index >= 15 is 0 Å². The van der Waals surface area contributed by atoms with E-state index in [1.54, 1.807) is 7.11 Å². The van der Waals surface area contributed by atoms with Gasteiger partial charge in [0.1, 0.15) is 5.75 Å². The van der Waals surface area contributed by atoms with Gasteiger partial charge in [-0.2, -0.15) is 0 Å². The van der Waals surface area contributed by atoms with Gasteiger partial charge in [0.25, 0.3) is 0 Å². The zero-order valence-electron chi connectivity index (χ0n) is 9.63. The van der Waals surface area contributed by atoms with Crippen molar-refractivity contribution in [3.63, 3.8) is 0 Å². The molecule has 2 aromatic carbocycles. The SMILES string of the molecule is COc1ccccc1-n1ccc2ccccc21. The number of nitrogens with zero attached hydrogens (tertiary/aromatic N) is 1. The quantitative estimate of drug-likeness (QED) is 0.647. The number of benzene rings is 2. The molecule has 0 saturated carbocycles. The number of ether oxygens (including phenoxy) is 1. The van der Waals surface area contributed by atoms with Crippen LogP contribution < -0.4 is 4.74 Å². The van der Waals surface area contributed by atoms with Gasteiger partial charge in [-0.15, -0.1) is 0 Å². The Labute approximate surface area is 100 Å². The molecular weight excluding hydrogens is 210 g/mol. The van der Waals surface area contributed by atoms with E-state index in [2.05, 4.69) is 41.1 Å². The van der Waals surface area contributed by atoms with Crippen molar-refractivity contribution < 1.29 is 4.74 Å². The second kappa shape index (κ2) is 3.98. The number of fused-ring (bicyclic) bond motifs is 1. The van der Waals surface area contributed by atoms with Crippen LogP contribution in [0.4, 0.5) is 0 Å². The van der Waals surface area contributed by atoms with Crippen molar-refractivity contribution in [1.82, 2.24) is 4.57 Å². The molecule has 0 saturated heterocycles. The lowest BCUT2D eigenvalue weighted by molar-refractivity contribution is 0.413. The first kappa shape index (κ1) is 9.97. The van der Waals surface area contributed by atoms with Crippen molar-refractivity contribution in [2.24, 2.45) is 0 Å². The Morgan fingerprint density at radius 3 is 2.53 bits per heavy atom. The van der Waals surface area contributed by atoms with E-state index < -0.39 is 0 Å².